The highest BCUT2D eigenvalue weighted by atomic mass is 16.3. The van der Waals surface area contributed by atoms with Gasteiger partial charge in [-0.1, -0.05) is 0 Å². The number of hydrogen-bond donors (Lipinski definition) is 2. The fourth-order valence-corrected chi connectivity index (χ4v) is 1.06. The van der Waals surface area contributed by atoms with Crippen molar-refractivity contribution in [2.45, 2.75) is 18.9 Å². The van der Waals surface area contributed by atoms with E-state index in [0.29, 0.717) is 12.1 Å². The summed E-state index contributed by atoms with van der Waals surface area (Å²) in [5, 5.41) is 9.44. The van der Waals surface area contributed by atoms with Gasteiger partial charge < -0.3 is 15.6 Å². The van der Waals surface area contributed by atoms with Crippen LogP contribution in [0.25, 0.3) is 0 Å². The summed E-state index contributed by atoms with van der Waals surface area (Å²) in [7, 11) is 0. The molecule has 0 aliphatic heterocycles. The van der Waals surface area contributed by atoms with Crippen molar-refractivity contribution < 1.29 is 9.90 Å². The first-order chi connectivity index (χ1) is 6.03. The van der Waals surface area contributed by atoms with Crippen molar-refractivity contribution in [3.63, 3.8) is 0 Å². The van der Waals surface area contributed by atoms with Crippen LogP contribution in [0, 0.1) is 0 Å². The van der Waals surface area contributed by atoms with E-state index in [9.17, 15) is 9.90 Å². The topological polar surface area (TPSA) is 76.2 Å². The zero-order valence-electron chi connectivity index (χ0n) is 7.40. The molecule has 1 aromatic heterocycles. The minimum atomic E-state index is -1.33. The molecule has 0 radical (unpaired) electrons. The van der Waals surface area contributed by atoms with Crippen molar-refractivity contribution in [2.75, 3.05) is 5.73 Å². The lowest BCUT2D eigenvalue weighted by Gasteiger charge is -2.15. The molecule has 0 saturated carbocycles. The predicted octanol–water partition coefficient (Wildman–Crippen LogP) is 0.156. The molecule has 0 aliphatic carbocycles. The summed E-state index contributed by atoms with van der Waals surface area (Å²) in [4.78, 5) is 14.2. The number of nitrogens with two attached hydrogens (primary N) is 1. The molecular weight excluding hydrogens is 168 g/mol. The lowest BCUT2D eigenvalue weighted by atomic mass is 9.99. The molecule has 3 N–H and O–H groups in total. The molecule has 4 nitrogen and oxygen atoms in total. The highest BCUT2D eigenvalue weighted by molar-refractivity contribution is 5.62. The van der Waals surface area contributed by atoms with Gasteiger partial charge in [-0.15, -0.1) is 0 Å². The molecule has 1 unspecified atom stereocenters. The molecule has 0 aliphatic rings. The molecule has 1 aromatic rings. The van der Waals surface area contributed by atoms with E-state index in [1.165, 1.54) is 6.92 Å². The van der Waals surface area contributed by atoms with Crippen LogP contribution in [-0.4, -0.2) is 22.0 Å². The Morgan fingerprint density at radius 1 is 1.77 bits per heavy atom. The van der Waals surface area contributed by atoms with Crippen LogP contribution in [0.15, 0.2) is 18.3 Å². The second-order valence-electron chi connectivity index (χ2n) is 3.24. The van der Waals surface area contributed by atoms with Crippen LogP contribution in [0.5, 0.6) is 0 Å². The quantitative estimate of drug-likeness (QED) is 0.649. The third-order valence-corrected chi connectivity index (χ3v) is 1.66. The smallest absolute Gasteiger partial charge is 0.151 e. The van der Waals surface area contributed by atoms with Crippen LogP contribution in [0.3, 0.4) is 0 Å². The number of rotatable bonds is 3. The van der Waals surface area contributed by atoms with E-state index in [2.05, 4.69) is 4.98 Å². The molecule has 70 valence electrons. The third-order valence-electron chi connectivity index (χ3n) is 1.66. The first-order valence-corrected chi connectivity index (χ1v) is 3.92. The van der Waals surface area contributed by atoms with Crippen LogP contribution >= 0.6 is 0 Å². The SMILES string of the molecule is CC(O)(C=O)Cc1ccnc(N)c1. The fourth-order valence-electron chi connectivity index (χ4n) is 1.06. The summed E-state index contributed by atoms with van der Waals surface area (Å²) in [6.45, 7) is 1.45. The summed E-state index contributed by atoms with van der Waals surface area (Å²) < 4.78 is 0. The molecule has 0 amide bonds. The van der Waals surface area contributed by atoms with Gasteiger partial charge in [0.2, 0.25) is 0 Å². The van der Waals surface area contributed by atoms with E-state index in [-0.39, 0.29) is 6.42 Å². The first kappa shape index (κ1) is 9.67. The van der Waals surface area contributed by atoms with Gasteiger partial charge in [-0.05, 0) is 24.6 Å². The Bertz CT molecular complexity index is 310. The minimum absolute atomic E-state index is 0.253. The maximum absolute atomic E-state index is 10.4. The molecule has 1 rings (SSSR count). The van der Waals surface area contributed by atoms with E-state index >= 15 is 0 Å². The van der Waals surface area contributed by atoms with Crippen molar-refractivity contribution in [1.29, 1.82) is 0 Å². The third kappa shape index (κ3) is 2.83. The van der Waals surface area contributed by atoms with E-state index in [0.717, 1.165) is 5.56 Å². The largest absolute Gasteiger partial charge is 0.384 e. The van der Waals surface area contributed by atoms with Crippen LogP contribution in [0.1, 0.15) is 12.5 Å². The zero-order chi connectivity index (χ0) is 9.90. The van der Waals surface area contributed by atoms with Crippen molar-refractivity contribution in [1.82, 2.24) is 4.98 Å². The summed E-state index contributed by atoms with van der Waals surface area (Å²) in [6.07, 6.45) is 2.32. The van der Waals surface area contributed by atoms with Crippen LogP contribution < -0.4 is 5.73 Å². The number of nitrogens with zero attached hydrogens (tertiary/aromatic N) is 1. The number of aromatic nitrogens is 1. The number of nitrogen functional groups attached to an aromatic ring is 1. The van der Waals surface area contributed by atoms with Crippen LogP contribution in [-0.2, 0) is 11.2 Å². The Hall–Kier alpha value is -1.42. The van der Waals surface area contributed by atoms with Crippen molar-refractivity contribution in [3.8, 4) is 0 Å². The standard InChI is InChI=1S/C9H12N2O2/c1-9(13,6-12)5-7-2-3-11-8(10)4-7/h2-4,6,13H,5H2,1H3,(H2,10,11). The Kier molecular flexibility index (Phi) is 2.63. The first-order valence-electron chi connectivity index (χ1n) is 3.92. The van der Waals surface area contributed by atoms with Gasteiger partial charge in [-0.3, -0.25) is 0 Å². The number of carbonyl (C=O) groups excluding carboxylic acids is 1. The highest BCUT2D eigenvalue weighted by Crippen LogP contribution is 2.11. The van der Waals surface area contributed by atoms with Gasteiger partial charge in [0.25, 0.3) is 0 Å². The van der Waals surface area contributed by atoms with Gasteiger partial charge >= 0.3 is 0 Å². The molecule has 0 saturated heterocycles. The molecule has 13 heavy (non-hydrogen) atoms. The van der Waals surface area contributed by atoms with E-state index < -0.39 is 5.60 Å². The Morgan fingerprint density at radius 2 is 2.46 bits per heavy atom. The Balaban J connectivity index is 2.80. The van der Waals surface area contributed by atoms with Crippen molar-refractivity contribution in [2.24, 2.45) is 0 Å². The maximum Gasteiger partial charge on any atom is 0.151 e. The average Bonchev–Trinajstić information content (AvgIpc) is 2.03. The molecule has 1 heterocycles. The van der Waals surface area contributed by atoms with Gasteiger partial charge in [-0.2, -0.15) is 0 Å². The fraction of sp³-hybridized carbons (Fsp3) is 0.333. The van der Waals surface area contributed by atoms with Crippen LogP contribution in [0.4, 0.5) is 5.82 Å². The van der Waals surface area contributed by atoms with Crippen molar-refractivity contribution >= 4 is 12.1 Å². The maximum atomic E-state index is 10.4. The number of pyridine rings is 1. The zero-order valence-corrected chi connectivity index (χ0v) is 7.40. The molecule has 0 fully saturated rings. The summed E-state index contributed by atoms with van der Waals surface area (Å²) in [5.41, 5.74) is 4.91. The molecule has 0 aromatic carbocycles. The summed E-state index contributed by atoms with van der Waals surface area (Å²) >= 11 is 0. The Morgan fingerprint density at radius 3 is 3.00 bits per heavy atom. The lowest BCUT2D eigenvalue weighted by Crippen LogP contribution is -2.28. The number of aldehydes is 1. The van der Waals surface area contributed by atoms with Crippen LogP contribution in [0.2, 0.25) is 0 Å². The highest BCUT2D eigenvalue weighted by Gasteiger charge is 2.19. The van der Waals surface area contributed by atoms with Gasteiger partial charge in [0.15, 0.2) is 6.29 Å². The average molecular weight is 180 g/mol. The summed E-state index contributed by atoms with van der Waals surface area (Å²) in [5.74, 6) is 0.388. The Labute approximate surface area is 76.4 Å². The second-order valence-corrected chi connectivity index (χ2v) is 3.24. The van der Waals surface area contributed by atoms with Gasteiger partial charge in [0, 0.05) is 12.6 Å². The molecule has 4 heteroatoms. The number of aliphatic hydroxyl groups is 1. The van der Waals surface area contributed by atoms with Gasteiger partial charge in [-0.25, -0.2) is 4.98 Å². The molecule has 0 bridgehead atoms. The minimum Gasteiger partial charge on any atom is -0.384 e. The van der Waals surface area contributed by atoms with Crippen molar-refractivity contribution in [3.05, 3.63) is 23.9 Å². The van der Waals surface area contributed by atoms with E-state index in [1.54, 1.807) is 18.3 Å². The second kappa shape index (κ2) is 3.53. The normalized spacial score (nSPS) is 14.9. The number of hydrogen-bond acceptors (Lipinski definition) is 4. The lowest BCUT2D eigenvalue weighted by molar-refractivity contribution is -0.122. The van der Waals surface area contributed by atoms with Gasteiger partial charge in [0.05, 0.1) is 0 Å². The summed E-state index contributed by atoms with van der Waals surface area (Å²) in [6, 6.07) is 3.35. The monoisotopic (exact) mass is 180 g/mol. The number of carbonyl (C=O) groups is 1. The predicted molar refractivity (Wildman–Crippen MR) is 49.0 cm³/mol. The molecule has 1 atom stereocenters. The van der Waals surface area contributed by atoms with E-state index in [4.69, 9.17) is 5.73 Å². The van der Waals surface area contributed by atoms with Gasteiger partial charge in [0.1, 0.15) is 11.4 Å². The number of anilines is 1. The van der Waals surface area contributed by atoms with E-state index in [1.807, 2.05) is 0 Å². The molecular formula is C9H12N2O2. The molecule has 0 spiro atoms.